The SMILES string of the molecule is Cc1nc2c(c(S(C)=O)c1C)CCCC2O. The lowest BCUT2D eigenvalue weighted by Crippen LogP contribution is -2.16. The first-order valence-electron chi connectivity index (χ1n) is 5.53. The van der Waals surface area contributed by atoms with Gasteiger partial charge in [0.15, 0.2) is 0 Å². The molecule has 2 rings (SSSR count). The van der Waals surface area contributed by atoms with Crippen LogP contribution >= 0.6 is 0 Å². The Morgan fingerprint density at radius 3 is 2.75 bits per heavy atom. The average Bonchev–Trinajstić information content (AvgIpc) is 2.21. The van der Waals surface area contributed by atoms with E-state index < -0.39 is 16.9 Å². The molecular formula is C12H17NO2S. The van der Waals surface area contributed by atoms with E-state index in [2.05, 4.69) is 4.98 Å². The molecule has 1 heterocycles. The highest BCUT2D eigenvalue weighted by atomic mass is 32.2. The Kier molecular flexibility index (Phi) is 3.13. The molecule has 1 N–H and O–H groups in total. The first-order chi connectivity index (χ1) is 7.52. The predicted molar refractivity (Wildman–Crippen MR) is 63.9 cm³/mol. The molecule has 2 atom stereocenters. The summed E-state index contributed by atoms with van der Waals surface area (Å²) in [6.45, 7) is 3.87. The molecule has 1 aromatic rings. The summed E-state index contributed by atoms with van der Waals surface area (Å²) in [5, 5.41) is 9.92. The molecule has 0 aromatic carbocycles. The van der Waals surface area contributed by atoms with Gasteiger partial charge in [-0.1, -0.05) is 0 Å². The largest absolute Gasteiger partial charge is 0.387 e. The van der Waals surface area contributed by atoms with Crippen LogP contribution < -0.4 is 0 Å². The Balaban J connectivity index is 2.71. The maximum atomic E-state index is 11.8. The fourth-order valence-corrected chi connectivity index (χ4v) is 3.49. The molecule has 0 fully saturated rings. The molecule has 0 amide bonds. The van der Waals surface area contributed by atoms with Crippen molar-refractivity contribution in [1.29, 1.82) is 0 Å². The number of hydrogen-bond acceptors (Lipinski definition) is 3. The third kappa shape index (κ3) is 1.80. The number of aliphatic hydroxyl groups is 1. The van der Waals surface area contributed by atoms with E-state index in [9.17, 15) is 9.32 Å². The van der Waals surface area contributed by atoms with Gasteiger partial charge < -0.3 is 5.11 Å². The zero-order valence-corrected chi connectivity index (χ0v) is 10.7. The Hall–Kier alpha value is -0.740. The summed E-state index contributed by atoms with van der Waals surface area (Å²) in [5.41, 5.74) is 3.65. The molecule has 1 aliphatic carbocycles. The summed E-state index contributed by atoms with van der Waals surface area (Å²) in [5.74, 6) is 0. The number of hydrogen-bond donors (Lipinski definition) is 1. The zero-order chi connectivity index (χ0) is 11.9. The minimum absolute atomic E-state index is 0.481. The number of fused-ring (bicyclic) bond motifs is 1. The third-order valence-electron chi connectivity index (χ3n) is 3.26. The number of aryl methyl sites for hydroxylation is 1. The lowest BCUT2D eigenvalue weighted by atomic mass is 9.92. The van der Waals surface area contributed by atoms with Crippen molar-refractivity contribution >= 4 is 10.8 Å². The van der Waals surface area contributed by atoms with Gasteiger partial charge in [-0.05, 0) is 44.2 Å². The monoisotopic (exact) mass is 239 g/mol. The fraction of sp³-hybridized carbons (Fsp3) is 0.583. The van der Waals surface area contributed by atoms with Gasteiger partial charge >= 0.3 is 0 Å². The quantitative estimate of drug-likeness (QED) is 0.813. The minimum Gasteiger partial charge on any atom is -0.387 e. The molecule has 1 aliphatic rings. The predicted octanol–water partition coefficient (Wildman–Crippen LogP) is 1.81. The van der Waals surface area contributed by atoms with E-state index in [1.54, 1.807) is 6.26 Å². The second-order valence-electron chi connectivity index (χ2n) is 4.38. The molecule has 0 spiro atoms. The highest BCUT2D eigenvalue weighted by Crippen LogP contribution is 2.33. The lowest BCUT2D eigenvalue weighted by Gasteiger charge is -2.24. The summed E-state index contributed by atoms with van der Waals surface area (Å²) >= 11 is 0. The number of aromatic nitrogens is 1. The van der Waals surface area contributed by atoms with Crippen LogP contribution in [0, 0.1) is 13.8 Å². The van der Waals surface area contributed by atoms with Crippen molar-refractivity contribution in [2.75, 3.05) is 6.26 Å². The van der Waals surface area contributed by atoms with Crippen LogP contribution in [0.25, 0.3) is 0 Å². The topological polar surface area (TPSA) is 50.2 Å². The molecule has 3 nitrogen and oxygen atoms in total. The highest BCUT2D eigenvalue weighted by molar-refractivity contribution is 7.84. The van der Waals surface area contributed by atoms with E-state index >= 15 is 0 Å². The molecular weight excluding hydrogens is 222 g/mol. The van der Waals surface area contributed by atoms with Gasteiger partial charge in [0.05, 0.1) is 22.6 Å². The lowest BCUT2D eigenvalue weighted by molar-refractivity contribution is 0.150. The van der Waals surface area contributed by atoms with Gasteiger partial charge in [0.2, 0.25) is 0 Å². The summed E-state index contributed by atoms with van der Waals surface area (Å²) < 4.78 is 11.8. The molecule has 0 radical (unpaired) electrons. The van der Waals surface area contributed by atoms with Gasteiger partial charge in [-0.15, -0.1) is 0 Å². The Bertz CT molecular complexity index is 457. The van der Waals surface area contributed by atoms with Crippen LogP contribution in [0.15, 0.2) is 4.90 Å². The molecule has 4 heteroatoms. The van der Waals surface area contributed by atoms with Crippen LogP contribution in [0.3, 0.4) is 0 Å². The van der Waals surface area contributed by atoms with Gasteiger partial charge in [0.1, 0.15) is 0 Å². The fourth-order valence-electron chi connectivity index (χ4n) is 2.35. The normalized spacial score (nSPS) is 21.6. The van der Waals surface area contributed by atoms with Crippen molar-refractivity contribution in [3.05, 3.63) is 22.5 Å². The second-order valence-corrected chi connectivity index (χ2v) is 5.69. The van der Waals surface area contributed by atoms with Crippen LogP contribution in [0.5, 0.6) is 0 Å². The van der Waals surface area contributed by atoms with Crippen molar-refractivity contribution in [2.45, 2.75) is 44.1 Å². The summed E-state index contributed by atoms with van der Waals surface area (Å²) in [6.07, 6.45) is 3.81. The molecule has 16 heavy (non-hydrogen) atoms. The van der Waals surface area contributed by atoms with Gasteiger partial charge in [-0.3, -0.25) is 9.19 Å². The maximum Gasteiger partial charge on any atom is 0.0963 e. The number of aliphatic hydroxyl groups excluding tert-OH is 1. The number of rotatable bonds is 1. The minimum atomic E-state index is -1.01. The molecule has 88 valence electrons. The van der Waals surface area contributed by atoms with Gasteiger partial charge in [0.25, 0.3) is 0 Å². The van der Waals surface area contributed by atoms with E-state index in [0.717, 1.165) is 46.7 Å². The van der Waals surface area contributed by atoms with E-state index in [0.29, 0.717) is 0 Å². The van der Waals surface area contributed by atoms with E-state index in [1.807, 2.05) is 13.8 Å². The maximum absolute atomic E-state index is 11.8. The van der Waals surface area contributed by atoms with Gasteiger partial charge in [-0.2, -0.15) is 0 Å². The van der Waals surface area contributed by atoms with Crippen molar-refractivity contribution in [3.8, 4) is 0 Å². The van der Waals surface area contributed by atoms with Crippen LogP contribution in [0.1, 0.15) is 41.5 Å². The van der Waals surface area contributed by atoms with Crippen molar-refractivity contribution in [2.24, 2.45) is 0 Å². The second kappa shape index (κ2) is 4.26. The molecule has 1 aromatic heterocycles. The Labute approximate surface area is 98.4 Å². The van der Waals surface area contributed by atoms with E-state index in [1.165, 1.54) is 0 Å². The molecule has 2 unspecified atom stereocenters. The van der Waals surface area contributed by atoms with Crippen molar-refractivity contribution in [3.63, 3.8) is 0 Å². The Morgan fingerprint density at radius 2 is 2.12 bits per heavy atom. The average molecular weight is 239 g/mol. The van der Waals surface area contributed by atoms with Crippen LogP contribution in [0.2, 0.25) is 0 Å². The van der Waals surface area contributed by atoms with Crippen LogP contribution in [0.4, 0.5) is 0 Å². The summed E-state index contributed by atoms with van der Waals surface area (Å²) in [6, 6.07) is 0. The first-order valence-corrected chi connectivity index (χ1v) is 7.09. The van der Waals surface area contributed by atoms with Crippen LogP contribution in [-0.2, 0) is 17.2 Å². The molecule has 0 saturated carbocycles. The van der Waals surface area contributed by atoms with Crippen LogP contribution in [-0.4, -0.2) is 20.6 Å². The molecule has 0 aliphatic heterocycles. The van der Waals surface area contributed by atoms with Crippen molar-refractivity contribution < 1.29 is 9.32 Å². The molecule has 0 saturated heterocycles. The zero-order valence-electron chi connectivity index (χ0n) is 9.91. The van der Waals surface area contributed by atoms with E-state index in [-0.39, 0.29) is 0 Å². The van der Waals surface area contributed by atoms with Gasteiger partial charge in [0, 0.05) is 16.8 Å². The van der Waals surface area contributed by atoms with Crippen molar-refractivity contribution in [1.82, 2.24) is 4.98 Å². The third-order valence-corrected chi connectivity index (χ3v) is 4.39. The Morgan fingerprint density at radius 1 is 1.44 bits per heavy atom. The smallest absolute Gasteiger partial charge is 0.0963 e. The number of nitrogens with zero attached hydrogens (tertiary/aromatic N) is 1. The number of pyridine rings is 1. The standard InChI is InChI=1S/C12H17NO2S/c1-7-8(2)13-11-9(12(7)16(3)15)5-4-6-10(11)14/h10,14H,4-6H2,1-3H3. The summed E-state index contributed by atoms with van der Waals surface area (Å²) in [4.78, 5) is 5.34. The van der Waals surface area contributed by atoms with E-state index in [4.69, 9.17) is 0 Å². The highest BCUT2D eigenvalue weighted by Gasteiger charge is 2.25. The first kappa shape index (κ1) is 11.7. The molecule has 0 bridgehead atoms. The summed E-state index contributed by atoms with van der Waals surface area (Å²) in [7, 11) is -1.01. The van der Waals surface area contributed by atoms with Gasteiger partial charge in [-0.25, -0.2) is 0 Å².